The number of nitrogens with zero attached hydrogens (tertiary/aromatic N) is 1. The van der Waals surface area contributed by atoms with Gasteiger partial charge in [-0.15, -0.1) is 0 Å². The highest BCUT2D eigenvalue weighted by Gasteiger charge is 2.34. The molecule has 3 nitrogen and oxygen atoms in total. The molecule has 7 heteroatoms. The maximum Gasteiger partial charge on any atom is 0.418 e. The van der Waals surface area contributed by atoms with Gasteiger partial charge in [0.1, 0.15) is 5.15 Å². The van der Waals surface area contributed by atoms with Crippen molar-refractivity contribution in [3.63, 3.8) is 0 Å². The normalized spacial score (nSPS) is 11.4. The Hall–Kier alpha value is -1.30. The number of carbonyl (C=O) groups excluding carboxylic acids is 1. The summed E-state index contributed by atoms with van der Waals surface area (Å²) in [7, 11) is 0. The van der Waals surface area contributed by atoms with E-state index in [0.717, 1.165) is 0 Å². The summed E-state index contributed by atoms with van der Waals surface area (Å²) in [6.07, 6.45) is -4.43. The molecule has 0 spiro atoms. The Balaban J connectivity index is 3.37. The van der Waals surface area contributed by atoms with Crippen LogP contribution in [0, 0.1) is 0 Å². The molecule has 0 aliphatic rings. The average molecular weight is 225 g/mol. The van der Waals surface area contributed by atoms with Crippen molar-refractivity contribution >= 4 is 17.6 Å². The third-order valence-electron chi connectivity index (χ3n) is 1.40. The van der Waals surface area contributed by atoms with Gasteiger partial charge in [0.2, 0.25) is 0 Å². The molecule has 0 radical (unpaired) electrons. The van der Waals surface area contributed by atoms with Crippen molar-refractivity contribution < 1.29 is 23.1 Å². The van der Waals surface area contributed by atoms with Crippen LogP contribution in [-0.4, -0.2) is 11.0 Å². The van der Waals surface area contributed by atoms with Gasteiger partial charge in [-0.25, -0.2) is 4.98 Å². The summed E-state index contributed by atoms with van der Waals surface area (Å²) in [6, 6.07) is 0.597. The van der Waals surface area contributed by atoms with Crippen molar-refractivity contribution in [3.05, 3.63) is 28.5 Å². The quantitative estimate of drug-likeness (QED) is 0.672. The minimum absolute atomic E-state index is 0.336. The van der Waals surface area contributed by atoms with Gasteiger partial charge in [-0.05, 0) is 6.07 Å². The number of carboxylic acids is 1. The molecule has 1 aromatic heterocycles. The third kappa shape index (κ3) is 2.14. The highest BCUT2D eigenvalue weighted by molar-refractivity contribution is 6.29. The van der Waals surface area contributed by atoms with Crippen LogP contribution in [0.15, 0.2) is 12.3 Å². The molecule has 0 aromatic carbocycles. The summed E-state index contributed by atoms with van der Waals surface area (Å²) in [4.78, 5) is 13.5. The monoisotopic (exact) mass is 224 g/mol. The van der Waals surface area contributed by atoms with Crippen molar-refractivity contribution in [3.8, 4) is 0 Å². The molecular weight excluding hydrogens is 223 g/mol. The van der Waals surface area contributed by atoms with Crippen LogP contribution < -0.4 is 5.11 Å². The highest BCUT2D eigenvalue weighted by atomic mass is 35.5. The van der Waals surface area contributed by atoms with Crippen molar-refractivity contribution in [1.29, 1.82) is 0 Å². The maximum absolute atomic E-state index is 12.2. The van der Waals surface area contributed by atoms with Crippen molar-refractivity contribution in [2.24, 2.45) is 0 Å². The Morgan fingerprint density at radius 2 is 2.07 bits per heavy atom. The molecule has 0 fully saturated rings. The number of halogens is 4. The molecule has 1 rings (SSSR count). The first-order valence-corrected chi connectivity index (χ1v) is 3.64. The van der Waals surface area contributed by atoms with Crippen molar-refractivity contribution in [2.75, 3.05) is 0 Å². The topological polar surface area (TPSA) is 53.0 Å². The van der Waals surface area contributed by atoms with Crippen LogP contribution in [-0.2, 0) is 6.18 Å². The van der Waals surface area contributed by atoms with Gasteiger partial charge < -0.3 is 9.90 Å². The fraction of sp³-hybridized carbons (Fsp3) is 0.143. The van der Waals surface area contributed by atoms with E-state index >= 15 is 0 Å². The highest BCUT2D eigenvalue weighted by Crippen LogP contribution is 2.31. The first-order chi connectivity index (χ1) is 6.32. The number of aromatic nitrogens is 1. The molecular formula is C7H2ClF3NO2-. The van der Waals surface area contributed by atoms with Crippen LogP contribution in [0.5, 0.6) is 0 Å². The lowest BCUT2D eigenvalue weighted by Crippen LogP contribution is -2.26. The molecule has 0 bridgehead atoms. The number of alkyl halides is 3. The van der Waals surface area contributed by atoms with E-state index in [1.807, 2.05) is 0 Å². The summed E-state index contributed by atoms with van der Waals surface area (Å²) in [5, 5.41) is 9.99. The van der Waals surface area contributed by atoms with Gasteiger partial charge in [0.15, 0.2) is 0 Å². The summed E-state index contributed by atoms with van der Waals surface area (Å²) in [5.41, 5.74) is -2.39. The van der Waals surface area contributed by atoms with E-state index in [2.05, 4.69) is 4.98 Å². The Morgan fingerprint density at radius 3 is 2.50 bits per heavy atom. The lowest BCUT2D eigenvalue weighted by molar-refractivity contribution is -0.255. The van der Waals surface area contributed by atoms with Crippen LogP contribution in [0.2, 0.25) is 5.15 Å². The molecule has 1 heterocycles. The molecule has 0 N–H and O–H groups in total. The lowest BCUT2D eigenvalue weighted by atomic mass is 10.1. The first kappa shape index (κ1) is 10.8. The minimum atomic E-state index is -4.78. The van der Waals surface area contributed by atoms with Gasteiger partial charge in [0.25, 0.3) is 0 Å². The molecule has 76 valence electrons. The number of carboxylic acid groups (broad SMARTS) is 1. The maximum atomic E-state index is 12.2. The number of hydrogen-bond acceptors (Lipinski definition) is 3. The van der Waals surface area contributed by atoms with E-state index in [-0.39, 0.29) is 5.15 Å². The summed E-state index contributed by atoms with van der Waals surface area (Å²) in [5.74, 6) is -1.94. The van der Waals surface area contributed by atoms with Gasteiger partial charge in [-0.3, -0.25) is 0 Å². The Kier molecular flexibility index (Phi) is 2.66. The Bertz CT molecular complexity index is 378. The SMILES string of the molecule is O=C([O-])c1cc(Cl)ncc1C(F)(F)F. The molecule has 0 aliphatic carbocycles. The van der Waals surface area contributed by atoms with Crippen molar-refractivity contribution in [1.82, 2.24) is 4.98 Å². The fourth-order valence-electron chi connectivity index (χ4n) is 0.825. The lowest BCUT2D eigenvalue weighted by Gasteiger charge is -2.12. The van der Waals surface area contributed by atoms with E-state index in [4.69, 9.17) is 11.6 Å². The zero-order valence-electron chi connectivity index (χ0n) is 6.43. The number of carbonyl (C=O) groups is 1. The van der Waals surface area contributed by atoms with E-state index in [1.165, 1.54) is 0 Å². The first-order valence-electron chi connectivity index (χ1n) is 3.26. The van der Waals surface area contributed by atoms with Gasteiger partial charge in [0.05, 0.1) is 11.5 Å². The largest absolute Gasteiger partial charge is 0.545 e. The zero-order valence-corrected chi connectivity index (χ0v) is 7.19. The van der Waals surface area contributed by atoms with Crippen LogP contribution in [0.4, 0.5) is 13.2 Å². The summed E-state index contributed by atoms with van der Waals surface area (Å²) < 4.78 is 36.5. The average Bonchev–Trinajstić information content (AvgIpc) is 2.01. The predicted molar refractivity (Wildman–Crippen MR) is 38.6 cm³/mol. The number of hydrogen-bond donors (Lipinski definition) is 0. The van der Waals surface area contributed by atoms with Gasteiger partial charge >= 0.3 is 6.18 Å². The van der Waals surface area contributed by atoms with Gasteiger partial charge in [-0.2, -0.15) is 13.2 Å². The van der Waals surface area contributed by atoms with Crippen LogP contribution in [0.1, 0.15) is 15.9 Å². The van der Waals surface area contributed by atoms with E-state index < -0.39 is 23.3 Å². The third-order valence-corrected chi connectivity index (χ3v) is 1.60. The van der Waals surface area contributed by atoms with Crippen LogP contribution in [0.3, 0.4) is 0 Å². The van der Waals surface area contributed by atoms with Crippen molar-refractivity contribution in [2.45, 2.75) is 6.18 Å². The number of pyridine rings is 1. The van der Waals surface area contributed by atoms with Crippen LogP contribution in [0.25, 0.3) is 0 Å². The molecule has 14 heavy (non-hydrogen) atoms. The van der Waals surface area contributed by atoms with Gasteiger partial charge in [-0.1, -0.05) is 11.6 Å². The molecule has 0 atom stereocenters. The second-order valence-electron chi connectivity index (χ2n) is 2.34. The Morgan fingerprint density at radius 1 is 1.50 bits per heavy atom. The minimum Gasteiger partial charge on any atom is -0.545 e. The summed E-state index contributed by atoms with van der Waals surface area (Å²) in [6.45, 7) is 0. The standard InChI is InChI=1S/C7H3ClF3NO2/c8-5-1-3(6(13)14)4(2-12-5)7(9,10)11/h1-2H,(H,13,14)/p-1. The van der Waals surface area contributed by atoms with E-state index in [1.54, 1.807) is 0 Å². The van der Waals surface area contributed by atoms with Gasteiger partial charge in [0, 0.05) is 11.8 Å². The van der Waals surface area contributed by atoms with Crippen LogP contribution >= 0.6 is 11.6 Å². The van der Waals surface area contributed by atoms with E-state index in [9.17, 15) is 23.1 Å². The number of rotatable bonds is 1. The fourth-order valence-corrected chi connectivity index (χ4v) is 0.983. The smallest absolute Gasteiger partial charge is 0.418 e. The molecule has 0 unspecified atom stereocenters. The molecule has 1 aromatic rings. The second kappa shape index (κ2) is 3.45. The summed E-state index contributed by atoms with van der Waals surface area (Å²) >= 11 is 5.24. The molecule has 0 saturated carbocycles. The second-order valence-corrected chi connectivity index (χ2v) is 2.73. The molecule has 0 aliphatic heterocycles. The predicted octanol–water partition coefficient (Wildman–Crippen LogP) is 1.12. The Labute approximate surface area is 81.1 Å². The number of aromatic carboxylic acids is 1. The zero-order chi connectivity index (χ0) is 10.9. The molecule has 0 amide bonds. The van der Waals surface area contributed by atoms with E-state index in [0.29, 0.717) is 12.3 Å². The molecule has 0 saturated heterocycles.